The zero-order chi connectivity index (χ0) is 7.72. The Labute approximate surface area is 63.0 Å². The largest absolute Gasteiger partial charge is 0.391 e. The molecule has 0 spiro atoms. The lowest BCUT2D eigenvalue weighted by Crippen LogP contribution is -2.25. The molecule has 1 aliphatic rings. The minimum Gasteiger partial charge on any atom is -0.391 e. The van der Waals surface area contributed by atoms with E-state index < -0.39 is 12.1 Å². The molecule has 0 aromatic heterocycles. The zero-order valence-electron chi connectivity index (χ0n) is 6.45. The van der Waals surface area contributed by atoms with Crippen molar-refractivity contribution in [1.29, 1.82) is 0 Å². The molecule has 0 bridgehead atoms. The summed E-state index contributed by atoms with van der Waals surface area (Å²) in [6, 6.07) is -0.472. The van der Waals surface area contributed by atoms with Crippen LogP contribution in [0.15, 0.2) is 0 Å². The van der Waals surface area contributed by atoms with Crippen molar-refractivity contribution in [1.82, 2.24) is 0 Å². The summed E-state index contributed by atoms with van der Waals surface area (Å²) in [6.07, 6.45) is 0.585. The average Bonchev–Trinajstić information content (AvgIpc) is 2.17. The zero-order valence-corrected chi connectivity index (χ0v) is 6.45. The summed E-state index contributed by atoms with van der Waals surface area (Å²) >= 11 is 0. The Bertz CT molecular complexity index is 118. The monoisotopic (exact) mass is 140 g/mol. The quantitative estimate of drug-likeness (QED) is 0.530. The third-order valence-corrected chi connectivity index (χ3v) is 2.20. The van der Waals surface area contributed by atoms with Crippen LogP contribution in [0.3, 0.4) is 0 Å². The summed E-state index contributed by atoms with van der Waals surface area (Å²) in [5.41, 5.74) is 0. The van der Waals surface area contributed by atoms with Gasteiger partial charge in [-0.15, -0.1) is 0 Å². The van der Waals surface area contributed by atoms with Crippen LogP contribution in [0.1, 0.15) is 20.3 Å². The van der Waals surface area contributed by atoms with Gasteiger partial charge in [-0.2, -0.15) is 0 Å². The predicted octanol–water partition coefficient (Wildman–Crippen LogP) is 0.287. The molecule has 1 N–H and O–H groups in total. The first-order valence-electron chi connectivity index (χ1n) is 3.76. The summed E-state index contributed by atoms with van der Waals surface area (Å²) in [4.78, 5) is 0. The molecule has 1 rings (SSSR count). The maximum atomic E-state index is 9.32. The van der Waals surface area contributed by atoms with E-state index in [-0.39, 0.29) is 12.0 Å². The van der Waals surface area contributed by atoms with Crippen LogP contribution >= 0.6 is 0 Å². The second kappa shape index (κ2) is 2.93. The lowest BCUT2D eigenvalue weighted by Gasteiger charge is -2.12. The average molecular weight is 140 g/mol. The molecule has 3 heteroatoms. The van der Waals surface area contributed by atoms with Gasteiger partial charge in [-0.05, 0) is 6.42 Å². The normalized spacial score (nSPS) is 47.9. The Kier molecular flexibility index (Phi) is 2.37. The Hall–Kier alpha value is -0.0151. The highest BCUT2D eigenvalue weighted by molar-refractivity contribution is 6.11. The van der Waals surface area contributed by atoms with Crippen LogP contribution in [0.25, 0.3) is 0 Å². The van der Waals surface area contributed by atoms with Gasteiger partial charge in [-0.25, -0.2) is 0 Å². The van der Waals surface area contributed by atoms with E-state index in [9.17, 15) is 5.11 Å². The van der Waals surface area contributed by atoms with Crippen LogP contribution in [0.5, 0.6) is 0 Å². The molecule has 2 nitrogen and oxygen atoms in total. The van der Waals surface area contributed by atoms with E-state index >= 15 is 0 Å². The second-order valence-electron chi connectivity index (χ2n) is 2.90. The van der Waals surface area contributed by atoms with E-state index in [1.807, 2.05) is 13.8 Å². The fourth-order valence-corrected chi connectivity index (χ4v) is 1.39. The smallest absolute Gasteiger partial charge is 0.112 e. The number of hydrogen-bond acceptors (Lipinski definition) is 2. The van der Waals surface area contributed by atoms with E-state index in [1.165, 1.54) is 0 Å². The van der Waals surface area contributed by atoms with Gasteiger partial charge in [0.25, 0.3) is 0 Å². The molecule has 2 radical (unpaired) electrons. The molecule has 0 aromatic carbocycles. The maximum Gasteiger partial charge on any atom is 0.112 e. The molecule has 4 atom stereocenters. The number of aliphatic hydroxyl groups excluding tert-OH is 1. The van der Waals surface area contributed by atoms with Crippen molar-refractivity contribution in [3.63, 3.8) is 0 Å². The van der Waals surface area contributed by atoms with Crippen LogP contribution in [0, 0.1) is 5.92 Å². The molecule has 0 aliphatic carbocycles. The molecular weight excluding hydrogens is 127 g/mol. The molecule has 1 heterocycles. The Morgan fingerprint density at radius 3 is 2.40 bits per heavy atom. The van der Waals surface area contributed by atoms with Gasteiger partial charge in [0.1, 0.15) is 7.85 Å². The summed E-state index contributed by atoms with van der Waals surface area (Å²) in [5, 5.41) is 9.32. The maximum absolute atomic E-state index is 9.32. The van der Waals surface area contributed by atoms with Gasteiger partial charge < -0.3 is 9.84 Å². The van der Waals surface area contributed by atoms with Crippen molar-refractivity contribution < 1.29 is 9.84 Å². The Morgan fingerprint density at radius 1 is 1.60 bits per heavy atom. The molecule has 0 saturated carbocycles. The molecular formula is C7H13BO2. The summed E-state index contributed by atoms with van der Waals surface area (Å²) in [6.45, 7) is 4.00. The summed E-state index contributed by atoms with van der Waals surface area (Å²) < 4.78 is 5.26. The highest BCUT2D eigenvalue weighted by Crippen LogP contribution is 2.26. The van der Waals surface area contributed by atoms with Gasteiger partial charge in [0.2, 0.25) is 0 Å². The molecule has 1 unspecified atom stereocenters. The van der Waals surface area contributed by atoms with Crippen LogP contribution in [0.4, 0.5) is 0 Å². The van der Waals surface area contributed by atoms with Gasteiger partial charge in [-0.3, -0.25) is 0 Å². The number of hydrogen-bond donors (Lipinski definition) is 1. The van der Waals surface area contributed by atoms with Crippen molar-refractivity contribution in [2.45, 2.75) is 38.5 Å². The van der Waals surface area contributed by atoms with E-state index in [4.69, 9.17) is 12.6 Å². The van der Waals surface area contributed by atoms with E-state index in [0.29, 0.717) is 0 Å². The summed E-state index contributed by atoms with van der Waals surface area (Å²) in [5.74, 6) is 0.181. The number of ether oxygens (including phenoxy) is 1. The Balaban J connectivity index is 2.53. The first-order valence-corrected chi connectivity index (χ1v) is 3.76. The SMILES string of the molecule is [B][C@@H]1O[C@H](CC)[C@H](C)C1O. The minimum atomic E-state index is -0.482. The third kappa shape index (κ3) is 1.20. The molecule has 10 heavy (non-hydrogen) atoms. The van der Waals surface area contributed by atoms with Crippen LogP contribution in [-0.4, -0.2) is 31.2 Å². The first-order chi connectivity index (χ1) is 4.66. The number of rotatable bonds is 1. The fourth-order valence-electron chi connectivity index (χ4n) is 1.39. The lowest BCUT2D eigenvalue weighted by molar-refractivity contribution is 0.0578. The van der Waals surface area contributed by atoms with Gasteiger partial charge in [0.05, 0.1) is 12.2 Å². The highest BCUT2D eigenvalue weighted by Gasteiger charge is 2.36. The van der Waals surface area contributed by atoms with Crippen molar-refractivity contribution >= 4 is 7.85 Å². The van der Waals surface area contributed by atoms with Crippen molar-refractivity contribution in [3.05, 3.63) is 0 Å². The molecule has 0 amide bonds. The van der Waals surface area contributed by atoms with Gasteiger partial charge >= 0.3 is 0 Å². The van der Waals surface area contributed by atoms with Crippen LogP contribution in [-0.2, 0) is 4.74 Å². The number of aliphatic hydroxyl groups is 1. The van der Waals surface area contributed by atoms with Crippen LogP contribution < -0.4 is 0 Å². The van der Waals surface area contributed by atoms with E-state index in [0.717, 1.165) is 6.42 Å². The fraction of sp³-hybridized carbons (Fsp3) is 1.00. The molecule has 0 aromatic rings. The standard InChI is InChI=1S/C7H13BO2/c1-3-5-4(2)6(9)7(8)10-5/h4-7,9H,3H2,1-2H3/t4-,5+,6?,7+/m0/s1. The minimum absolute atomic E-state index is 0.144. The van der Waals surface area contributed by atoms with Crippen molar-refractivity contribution in [2.75, 3.05) is 0 Å². The first kappa shape index (κ1) is 8.09. The van der Waals surface area contributed by atoms with Crippen LogP contribution in [0.2, 0.25) is 0 Å². The molecule has 56 valence electrons. The third-order valence-electron chi connectivity index (χ3n) is 2.20. The Morgan fingerprint density at radius 2 is 2.20 bits per heavy atom. The van der Waals surface area contributed by atoms with Gasteiger partial charge in [0, 0.05) is 11.9 Å². The van der Waals surface area contributed by atoms with Crippen molar-refractivity contribution in [3.8, 4) is 0 Å². The van der Waals surface area contributed by atoms with E-state index in [2.05, 4.69) is 0 Å². The summed E-state index contributed by atoms with van der Waals surface area (Å²) in [7, 11) is 5.46. The predicted molar refractivity (Wildman–Crippen MR) is 39.9 cm³/mol. The van der Waals surface area contributed by atoms with E-state index in [1.54, 1.807) is 0 Å². The second-order valence-corrected chi connectivity index (χ2v) is 2.90. The molecule has 1 saturated heterocycles. The topological polar surface area (TPSA) is 29.5 Å². The van der Waals surface area contributed by atoms with Gasteiger partial charge in [-0.1, -0.05) is 13.8 Å². The highest BCUT2D eigenvalue weighted by atomic mass is 16.5. The molecule has 1 aliphatic heterocycles. The molecule has 1 fully saturated rings. The lowest BCUT2D eigenvalue weighted by atomic mass is 9.88. The van der Waals surface area contributed by atoms with Crippen molar-refractivity contribution in [2.24, 2.45) is 5.92 Å². The van der Waals surface area contributed by atoms with Gasteiger partial charge in [0.15, 0.2) is 0 Å².